The highest BCUT2D eigenvalue weighted by Crippen LogP contribution is 2.29. The van der Waals surface area contributed by atoms with Crippen LogP contribution < -0.4 is 9.46 Å². The van der Waals surface area contributed by atoms with Crippen molar-refractivity contribution in [2.75, 3.05) is 13.2 Å². The summed E-state index contributed by atoms with van der Waals surface area (Å²) in [5, 5.41) is 0. The van der Waals surface area contributed by atoms with E-state index in [4.69, 9.17) is 9.47 Å². The van der Waals surface area contributed by atoms with Gasteiger partial charge < -0.3 is 9.47 Å². The maximum absolute atomic E-state index is 12.7. The molecule has 158 valence electrons. The number of nitrogens with one attached hydrogen (secondary N) is 1. The van der Waals surface area contributed by atoms with Crippen LogP contribution in [0.2, 0.25) is 0 Å². The number of hydrogen-bond donors (Lipinski definition) is 1. The van der Waals surface area contributed by atoms with Gasteiger partial charge in [0.2, 0.25) is 10.0 Å². The Labute approximate surface area is 166 Å². The summed E-state index contributed by atoms with van der Waals surface area (Å²) in [6, 6.07) is 10.2. The molecule has 2 aromatic rings. The Morgan fingerprint density at radius 3 is 2.41 bits per heavy atom. The smallest absolute Gasteiger partial charge is 0.416 e. The molecule has 2 aromatic carbocycles. The minimum absolute atomic E-state index is 0.0123. The predicted molar refractivity (Wildman–Crippen MR) is 98.7 cm³/mol. The van der Waals surface area contributed by atoms with Gasteiger partial charge in [0.15, 0.2) is 0 Å². The van der Waals surface area contributed by atoms with Crippen molar-refractivity contribution in [3.05, 3.63) is 59.7 Å². The maximum atomic E-state index is 12.7. The van der Waals surface area contributed by atoms with Crippen LogP contribution in [0.25, 0.3) is 0 Å². The van der Waals surface area contributed by atoms with Crippen molar-refractivity contribution in [2.45, 2.75) is 31.0 Å². The normalized spacial score (nSPS) is 11.9. The fourth-order valence-electron chi connectivity index (χ4n) is 2.33. The summed E-state index contributed by atoms with van der Waals surface area (Å²) in [6.45, 7) is 1.71. The second kappa shape index (κ2) is 9.75. The lowest BCUT2D eigenvalue weighted by atomic mass is 10.1. The van der Waals surface area contributed by atoms with Crippen molar-refractivity contribution in [1.29, 1.82) is 0 Å². The molecule has 29 heavy (non-hydrogen) atoms. The number of ether oxygens (including phenoxy) is 2. The first kappa shape index (κ1) is 22.7. The van der Waals surface area contributed by atoms with Crippen molar-refractivity contribution < 1.29 is 35.9 Å². The first-order chi connectivity index (χ1) is 13.6. The van der Waals surface area contributed by atoms with Gasteiger partial charge in [0.25, 0.3) is 0 Å². The minimum Gasteiger partial charge on any atom is -0.494 e. The zero-order valence-electron chi connectivity index (χ0n) is 15.5. The summed E-state index contributed by atoms with van der Waals surface area (Å²) in [5.74, 6) is -0.207. The fraction of sp³-hybridized carbons (Fsp3) is 0.316. The van der Waals surface area contributed by atoms with Crippen LogP contribution in [-0.2, 0) is 32.3 Å². The first-order valence-electron chi connectivity index (χ1n) is 8.66. The highest BCUT2D eigenvalue weighted by Gasteiger charge is 2.30. The Bertz CT molecular complexity index is 928. The summed E-state index contributed by atoms with van der Waals surface area (Å²) in [7, 11) is -3.82. The molecule has 2 rings (SSSR count). The van der Waals surface area contributed by atoms with Crippen LogP contribution in [0.1, 0.15) is 24.5 Å². The lowest BCUT2D eigenvalue weighted by Crippen LogP contribution is -2.26. The van der Waals surface area contributed by atoms with Crippen molar-refractivity contribution >= 4 is 16.0 Å². The van der Waals surface area contributed by atoms with E-state index in [0.29, 0.717) is 12.4 Å². The maximum Gasteiger partial charge on any atom is 0.416 e. The summed E-state index contributed by atoms with van der Waals surface area (Å²) in [6.07, 6.45) is -4.76. The Balaban J connectivity index is 1.82. The number of halogens is 3. The molecule has 0 amide bonds. The molecule has 0 bridgehead atoms. The molecule has 0 heterocycles. The van der Waals surface area contributed by atoms with Gasteiger partial charge in [-0.25, -0.2) is 13.1 Å². The van der Waals surface area contributed by atoms with E-state index in [1.54, 1.807) is 6.92 Å². The van der Waals surface area contributed by atoms with E-state index < -0.39 is 27.7 Å². The molecule has 10 heteroatoms. The average molecular weight is 431 g/mol. The first-order valence-corrected chi connectivity index (χ1v) is 10.1. The lowest BCUT2D eigenvalue weighted by Gasteiger charge is -2.10. The zero-order chi connectivity index (χ0) is 21.5. The number of alkyl halides is 3. The molecule has 0 unspecified atom stereocenters. The summed E-state index contributed by atoms with van der Waals surface area (Å²) in [4.78, 5) is 11.8. The second-order valence-corrected chi connectivity index (χ2v) is 7.68. The summed E-state index contributed by atoms with van der Waals surface area (Å²) >= 11 is 0. The third-order valence-corrected chi connectivity index (χ3v) is 5.20. The average Bonchev–Trinajstić information content (AvgIpc) is 2.66. The monoisotopic (exact) mass is 431 g/mol. The van der Waals surface area contributed by atoms with E-state index in [1.165, 1.54) is 36.4 Å². The standard InChI is InChI=1S/C19H20F3NO5S/c1-2-27-16-6-8-17(9-7-16)29(25,26)23-11-10-18(24)28-13-14-4-3-5-15(12-14)19(20,21)22/h3-9,12,23H,2,10-11,13H2,1H3. The molecule has 0 aliphatic rings. The van der Waals surface area contributed by atoms with Crippen molar-refractivity contribution in [1.82, 2.24) is 4.72 Å². The lowest BCUT2D eigenvalue weighted by molar-refractivity contribution is -0.144. The minimum atomic E-state index is -4.49. The molecule has 1 N–H and O–H groups in total. The fourth-order valence-corrected chi connectivity index (χ4v) is 3.36. The second-order valence-electron chi connectivity index (χ2n) is 5.91. The van der Waals surface area contributed by atoms with Crippen LogP contribution in [-0.4, -0.2) is 27.5 Å². The van der Waals surface area contributed by atoms with E-state index in [2.05, 4.69) is 4.72 Å². The number of rotatable bonds is 9. The van der Waals surface area contributed by atoms with E-state index >= 15 is 0 Å². The van der Waals surface area contributed by atoms with E-state index in [0.717, 1.165) is 12.1 Å². The zero-order valence-corrected chi connectivity index (χ0v) is 16.3. The quantitative estimate of drug-likeness (QED) is 0.615. The summed E-state index contributed by atoms with van der Waals surface area (Å²) < 4.78 is 74.8. The molecule has 0 saturated carbocycles. The molecule has 0 aliphatic carbocycles. The third kappa shape index (κ3) is 7.06. The molecule has 0 fully saturated rings. The number of hydrogen-bond acceptors (Lipinski definition) is 5. The molecule has 0 radical (unpaired) electrons. The van der Waals surface area contributed by atoms with Gasteiger partial charge in [0, 0.05) is 6.54 Å². The molecule has 6 nitrogen and oxygen atoms in total. The molecule has 0 spiro atoms. The van der Waals surface area contributed by atoms with E-state index in [-0.39, 0.29) is 30.0 Å². The van der Waals surface area contributed by atoms with Crippen molar-refractivity contribution in [3.8, 4) is 5.75 Å². The largest absolute Gasteiger partial charge is 0.494 e. The van der Waals surface area contributed by atoms with Crippen LogP contribution >= 0.6 is 0 Å². The molecular formula is C19H20F3NO5S. The summed E-state index contributed by atoms with van der Waals surface area (Å²) in [5.41, 5.74) is -0.655. The van der Waals surface area contributed by atoms with Gasteiger partial charge in [-0.1, -0.05) is 12.1 Å². The van der Waals surface area contributed by atoms with Gasteiger partial charge in [0.05, 0.1) is 23.5 Å². The van der Waals surface area contributed by atoms with Gasteiger partial charge in [0.1, 0.15) is 12.4 Å². The van der Waals surface area contributed by atoms with Crippen LogP contribution in [0.15, 0.2) is 53.4 Å². The number of esters is 1. The van der Waals surface area contributed by atoms with Gasteiger partial charge in [-0.3, -0.25) is 4.79 Å². The van der Waals surface area contributed by atoms with Gasteiger partial charge >= 0.3 is 12.1 Å². The number of carbonyl (C=O) groups excluding carboxylic acids is 1. The number of sulfonamides is 1. The van der Waals surface area contributed by atoms with Gasteiger partial charge in [-0.2, -0.15) is 13.2 Å². The van der Waals surface area contributed by atoms with Crippen molar-refractivity contribution in [3.63, 3.8) is 0 Å². The third-order valence-electron chi connectivity index (χ3n) is 3.72. The highest BCUT2D eigenvalue weighted by molar-refractivity contribution is 7.89. The van der Waals surface area contributed by atoms with E-state index in [1.807, 2.05) is 0 Å². The number of benzene rings is 2. The number of carbonyl (C=O) groups is 1. The molecule has 0 atom stereocenters. The highest BCUT2D eigenvalue weighted by atomic mass is 32.2. The van der Waals surface area contributed by atoms with Crippen molar-refractivity contribution in [2.24, 2.45) is 0 Å². The molecule has 0 aliphatic heterocycles. The Hall–Kier alpha value is -2.59. The van der Waals surface area contributed by atoms with Crippen LogP contribution in [0.4, 0.5) is 13.2 Å². The molecule has 0 saturated heterocycles. The Morgan fingerprint density at radius 1 is 1.10 bits per heavy atom. The Morgan fingerprint density at radius 2 is 1.79 bits per heavy atom. The predicted octanol–water partition coefficient (Wildman–Crippen LogP) is 3.52. The topological polar surface area (TPSA) is 81.7 Å². The Kier molecular flexibility index (Phi) is 7.63. The van der Waals surface area contributed by atoms with Gasteiger partial charge in [-0.05, 0) is 48.9 Å². The van der Waals surface area contributed by atoms with Crippen LogP contribution in [0.3, 0.4) is 0 Å². The van der Waals surface area contributed by atoms with Crippen LogP contribution in [0, 0.1) is 0 Å². The van der Waals surface area contributed by atoms with Gasteiger partial charge in [-0.15, -0.1) is 0 Å². The SMILES string of the molecule is CCOc1ccc(S(=O)(=O)NCCC(=O)OCc2cccc(C(F)(F)F)c2)cc1. The molecular weight excluding hydrogens is 411 g/mol. The van der Waals surface area contributed by atoms with Crippen LogP contribution in [0.5, 0.6) is 5.75 Å². The van der Waals surface area contributed by atoms with E-state index in [9.17, 15) is 26.4 Å². The molecule has 0 aromatic heterocycles.